The monoisotopic (exact) mass is 294 g/mol. The molecule has 0 saturated carbocycles. The number of amides is 1. The minimum absolute atomic E-state index is 0.0609. The van der Waals surface area contributed by atoms with E-state index in [-0.39, 0.29) is 5.91 Å². The molecule has 0 spiro atoms. The maximum atomic E-state index is 12.6. The Labute approximate surface area is 129 Å². The van der Waals surface area contributed by atoms with Gasteiger partial charge in [0.1, 0.15) is 11.6 Å². The van der Waals surface area contributed by atoms with Crippen LogP contribution in [0.5, 0.6) is 0 Å². The summed E-state index contributed by atoms with van der Waals surface area (Å²) in [7, 11) is 0. The standard InChI is InChI=1S/C17H18N4O/c1-12-18-15-11-21(17(22)13-6-3-2-4-7-13)10-14(15)16(19-12)20-8-5-9-20/h2-4,6-7H,5,8-11H2,1H3. The summed E-state index contributed by atoms with van der Waals surface area (Å²) in [6.45, 7) is 5.21. The van der Waals surface area contributed by atoms with Crippen molar-refractivity contribution in [1.29, 1.82) is 0 Å². The van der Waals surface area contributed by atoms with Crippen LogP contribution in [0.2, 0.25) is 0 Å². The molecule has 4 rings (SSSR count). The second-order valence-electron chi connectivity index (χ2n) is 5.89. The highest BCUT2D eigenvalue weighted by molar-refractivity contribution is 5.94. The van der Waals surface area contributed by atoms with Crippen LogP contribution in [0.15, 0.2) is 30.3 Å². The van der Waals surface area contributed by atoms with Crippen molar-refractivity contribution in [3.05, 3.63) is 53.0 Å². The number of aryl methyl sites for hydroxylation is 1. The molecule has 2 aliphatic rings. The van der Waals surface area contributed by atoms with Gasteiger partial charge >= 0.3 is 0 Å². The van der Waals surface area contributed by atoms with E-state index in [9.17, 15) is 4.79 Å². The summed E-state index contributed by atoms with van der Waals surface area (Å²) in [6, 6.07) is 9.43. The van der Waals surface area contributed by atoms with Gasteiger partial charge in [-0.15, -0.1) is 0 Å². The first-order chi connectivity index (χ1) is 10.7. The zero-order valence-electron chi connectivity index (χ0n) is 12.6. The van der Waals surface area contributed by atoms with Crippen molar-refractivity contribution >= 4 is 11.7 Å². The lowest BCUT2D eigenvalue weighted by molar-refractivity contribution is 0.0750. The van der Waals surface area contributed by atoms with Gasteiger partial charge in [0, 0.05) is 24.2 Å². The molecule has 22 heavy (non-hydrogen) atoms. The molecule has 0 atom stereocenters. The summed E-state index contributed by atoms with van der Waals surface area (Å²) in [6.07, 6.45) is 1.21. The fourth-order valence-corrected chi connectivity index (χ4v) is 3.05. The maximum Gasteiger partial charge on any atom is 0.254 e. The van der Waals surface area contributed by atoms with Crippen LogP contribution < -0.4 is 4.90 Å². The Morgan fingerprint density at radius 1 is 1.09 bits per heavy atom. The largest absolute Gasteiger partial charge is 0.356 e. The lowest BCUT2D eigenvalue weighted by Crippen LogP contribution is -2.38. The Kier molecular flexibility index (Phi) is 3.06. The number of carbonyl (C=O) groups excluding carboxylic acids is 1. The van der Waals surface area contributed by atoms with E-state index in [1.807, 2.05) is 42.2 Å². The number of fused-ring (bicyclic) bond motifs is 1. The molecule has 1 amide bonds. The minimum atomic E-state index is 0.0609. The predicted molar refractivity (Wildman–Crippen MR) is 83.6 cm³/mol. The number of nitrogens with zero attached hydrogens (tertiary/aromatic N) is 4. The van der Waals surface area contributed by atoms with Gasteiger partial charge in [0.05, 0.1) is 18.8 Å². The summed E-state index contributed by atoms with van der Waals surface area (Å²) in [5.41, 5.74) is 2.85. The van der Waals surface area contributed by atoms with Crippen LogP contribution in [0, 0.1) is 6.92 Å². The van der Waals surface area contributed by atoms with Crippen LogP contribution in [-0.4, -0.2) is 33.9 Å². The zero-order chi connectivity index (χ0) is 15.1. The van der Waals surface area contributed by atoms with Crippen molar-refractivity contribution in [2.24, 2.45) is 0 Å². The first-order valence-electron chi connectivity index (χ1n) is 7.68. The molecule has 0 unspecified atom stereocenters. The second-order valence-corrected chi connectivity index (χ2v) is 5.89. The van der Waals surface area contributed by atoms with Crippen molar-refractivity contribution in [1.82, 2.24) is 14.9 Å². The molecule has 2 aliphatic heterocycles. The summed E-state index contributed by atoms with van der Waals surface area (Å²) < 4.78 is 0. The van der Waals surface area contributed by atoms with Gasteiger partial charge in [0.25, 0.3) is 5.91 Å². The third-order valence-electron chi connectivity index (χ3n) is 4.34. The number of rotatable bonds is 2. The van der Waals surface area contributed by atoms with E-state index in [2.05, 4.69) is 14.9 Å². The average molecular weight is 294 g/mol. The van der Waals surface area contributed by atoms with Crippen LogP contribution in [0.4, 0.5) is 5.82 Å². The fourth-order valence-electron chi connectivity index (χ4n) is 3.05. The SMILES string of the molecule is Cc1nc2c(c(N3CCC3)n1)CN(C(=O)c1ccccc1)C2. The maximum absolute atomic E-state index is 12.6. The van der Waals surface area contributed by atoms with E-state index in [4.69, 9.17) is 0 Å². The van der Waals surface area contributed by atoms with Gasteiger partial charge in [-0.1, -0.05) is 18.2 Å². The Bertz CT molecular complexity index is 725. The van der Waals surface area contributed by atoms with Gasteiger partial charge in [0.2, 0.25) is 0 Å². The molecule has 1 aromatic heterocycles. The summed E-state index contributed by atoms with van der Waals surface area (Å²) in [4.78, 5) is 25.9. The quantitative estimate of drug-likeness (QED) is 0.851. The molecular weight excluding hydrogens is 276 g/mol. The minimum Gasteiger partial charge on any atom is -0.356 e. The third kappa shape index (κ3) is 2.13. The molecule has 0 aliphatic carbocycles. The topological polar surface area (TPSA) is 49.3 Å². The van der Waals surface area contributed by atoms with Crippen molar-refractivity contribution < 1.29 is 4.79 Å². The fraction of sp³-hybridized carbons (Fsp3) is 0.353. The molecule has 0 bridgehead atoms. The van der Waals surface area contributed by atoms with E-state index in [1.165, 1.54) is 6.42 Å². The lowest BCUT2D eigenvalue weighted by atomic mass is 10.1. The molecule has 1 fully saturated rings. The average Bonchev–Trinajstić information content (AvgIpc) is 2.89. The van der Waals surface area contributed by atoms with Gasteiger partial charge < -0.3 is 9.80 Å². The molecule has 112 valence electrons. The summed E-state index contributed by atoms with van der Waals surface area (Å²) in [5, 5.41) is 0. The smallest absolute Gasteiger partial charge is 0.254 e. The van der Waals surface area contributed by atoms with Crippen LogP contribution in [0.1, 0.15) is 33.9 Å². The third-order valence-corrected chi connectivity index (χ3v) is 4.34. The van der Waals surface area contributed by atoms with Crippen molar-refractivity contribution in [3.63, 3.8) is 0 Å². The van der Waals surface area contributed by atoms with Gasteiger partial charge in [-0.05, 0) is 25.5 Å². The van der Waals surface area contributed by atoms with E-state index in [1.54, 1.807) is 0 Å². The Hall–Kier alpha value is -2.43. The number of hydrogen-bond acceptors (Lipinski definition) is 4. The molecule has 2 aromatic rings. The summed E-state index contributed by atoms with van der Waals surface area (Å²) in [5.74, 6) is 1.87. The number of anilines is 1. The molecule has 0 N–H and O–H groups in total. The highest BCUT2D eigenvalue weighted by atomic mass is 16.2. The normalized spacial score (nSPS) is 16.4. The van der Waals surface area contributed by atoms with Crippen LogP contribution in [-0.2, 0) is 13.1 Å². The van der Waals surface area contributed by atoms with Gasteiger partial charge in [-0.2, -0.15) is 0 Å². The van der Waals surface area contributed by atoms with E-state index in [0.717, 1.165) is 41.6 Å². The van der Waals surface area contributed by atoms with Gasteiger partial charge in [-0.3, -0.25) is 4.79 Å². The highest BCUT2D eigenvalue weighted by Gasteiger charge is 2.31. The summed E-state index contributed by atoms with van der Waals surface area (Å²) >= 11 is 0. The first kappa shape index (κ1) is 13.2. The Morgan fingerprint density at radius 3 is 2.55 bits per heavy atom. The van der Waals surface area contributed by atoms with Gasteiger partial charge in [-0.25, -0.2) is 9.97 Å². The molecule has 3 heterocycles. The number of aromatic nitrogens is 2. The molecule has 5 nitrogen and oxygen atoms in total. The van der Waals surface area contributed by atoms with Crippen molar-refractivity contribution in [2.75, 3.05) is 18.0 Å². The molecule has 0 radical (unpaired) electrons. The number of hydrogen-bond donors (Lipinski definition) is 0. The van der Waals surface area contributed by atoms with E-state index >= 15 is 0 Å². The van der Waals surface area contributed by atoms with Crippen LogP contribution >= 0.6 is 0 Å². The molecule has 5 heteroatoms. The van der Waals surface area contributed by atoms with Crippen molar-refractivity contribution in [2.45, 2.75) is 26.4 Å². The number of carbonyl (C=O) groups is 1. The van der Waals surface area contributed by atoms with Crippen LogP contribution in [0.25, 0.3) is 0 Å². The van der Waals surface area contributed by atoms with Gasteiger partial charge in [0.15, 0.2) is 0 Å². The Morgan fingerprint density at radius 2 is 1.86 bits per heavy atom. The molecular formula is C17H18N4O. The number of benzene rings is 1. The first-order valence-corrected chi connectivity index (χ1v) is 7.68. The zero-order valence-corrected chi connectivity index (χ0v) is 12.6. The highest BCUT2D eigenvalue weighted by Crippen LogP contribution is 2.32. The second kappa shape index (κ2) is 5.09. The predicted octanol–water partition coefficient (Wildman–Crippen LogP) is 2.15. The van der Waals surface area contributed by atoms with Crippen molar-refractivity contribution in [3.8, 4) is 0 Å². The molecule has 1 saturated heterocycles. The Balaban J connectivity index is 1.64. The van der Waals surface area contributed by atoms with E-state index in [0.29, 0.717) is 13.1 Å². The molecule has 1 aromatic carbocycles. The van der Waals surface area contributed by atoms with Crippen LogP contribution in [0.3, 0.4) is 0 Å². The lowest BCUT2D eigenvalue weighted by Gasteiger charge is -2.33. The van der Waals surface area contributed by atoms with E-state index < -0.39 is 0 Å².